The van der Waals surface area contributed by atoms with E-state index in [4.69, 9.17) is 0 Å². The Morgan fingerprint density at radius 3 is 2.79 bits per heavy atom. The van der Waals surface area contributed by atoms with Crippen LogP contribution >= 0.6 is 0 Å². The third-order valence-corrected chi connectivity index (χ3v) is 4.93. The van der Waals surface area contributed by atoms with E-state index in [0.29, 0.717) is 16.5 Å². The van der Waals surface area contributed by atoms with Gasteiger partial charge in [0.2, 0.25) is 0 Å². The number of halogens is 1. The lowest BCUT2D eigenvalue weighted by molar-refractivity contribution is -0.125. The number of pyridine rings is 1. The molecule has 0 spiro atoms. The fourth-order valence-electron chi connectivity index (χ4n) is 3.74. The highest BCUT2D eigenvalue weighted by Gasteiger charge is 2.40. The van der Waals surface area contributed by atoms with Crippen molar-refractivity contribution in [2.45, 2.75) is 38.3 Å². The van der Waals surface area contributed by atoms with Crippen LogP contribution in [0.25, 0.3) is 10.9 Å². The van der Waals surface area contributed by atoms with Crippen LogP contribution in [0.1, 0.15) is 31.2 Å². The van der Waals surface area contributed by atoms with Crippen molar-refractivity contribution in [3.8, 4) is 0 Å². The van der Waals surface area contributed by atoms with Crippen LogP contribution in [0.3, 0.4) is 0 Å². The molecule has 2 heterocycles. The van der Waals surface area contributed by atoms with Crippen molar-refractivity contribution in [2.24, 2.45) is 0 Å². The van der Waals surface area contributed by atoms with E-state index in [9.17, 15) is 14.0 Å². The van der Waals surface area contributed by atoms with E-state index in [-0.39, 0.29) is 31.1 Å². The van der Waals surface area contributed by atoms with Gasteiger partial charge in [-0.1, -0.05) is 18.9 Å². The number of hydrogen-bond donors (Lipinski definition) is 0. The Kier molecular flexibility index (Phi) is 3.67. The van der Waals surface area contributed by atoms with Crippen LogP contribution in [-0.4, -0.2) is 39.3 Å². The molecule has 0 atom stereocenters. The first-order valence-corrected chi connectivity index (χ1v) is 8.27. The summed E-state index contributed by atoms with van der Waals surface area (Å²) in [5.74, 6) is -0.613. The van der Waals surface area contributed by atoms with Gasteiger partial charge in [0, 0.05) is 23.2 Å². The number of aromatic nitrogens is 1. The first kappa shape index (κ1) is 15.1. The van der Waals surface area contributed by atoms with E-state index >= 15 is 0 Å². The monoisotopic (exact) mass is 327 g/mol. The Balaban J connectivity index is 1.63. The zero-order valence-corrected chi connectivity index (χ0v) is 13.2. The number of nitrogens with zero attached hydrogens (tertiary/aromatic N) is 3. The smallest absolute Gasteiger partial charge is 0.312 e. The molecule has 1 saturated carbocycles. The minimum atomic E-state index is -0.391. The molecule has 3 amide bonds. The number of amides is 3. The van der Waals surface area contributed by atoms with Gasteiger partial charge in [-0.15, -0.1) is 0 Å². The van der Waals surface area contributed by atoms with E-state index in [1.807, 2.05) is 0 Å². The average molecular weight is 327 g/mol. The molecule has 1 aromatic carbocycles. The predicted octanol–water partition coefficient (Wildman–Crippen LogP) is 3.08. The first-order chi connectivity index (χ1) is 11.6. The molecule has 24 heavy (non-hydrogen) atoms. The summed E-state index contributed by atoms with van der Waals surface area (Å²) in [4.78, 5) is 32.1. The number of carbonyl (C=O) groups excluding carboxylic acids is 2. The maximum absolute atomic E-state index is 13.9. The van der Waals surface area contributed by atoms with E-state index in [1.165, 1.54) is 17.0 Å². The molecule has 124 valence electrons. The molecule has 2 aliphatic rings. The SMILES string of the molecule is O=C1CN(C2CCCC2)C(=O)N1Cc1cc(F)cc2cccnc12. The average Bonchev–Trinajstić information content (AvgIpc) is 3.18. The van der Waals surface area contributed by atoms with Crippen LogP contribution < -0.4 is 0 Å². The second-order valence-corrected chi connectivity index (χ2v) is 6.47. The van der Waals surface area contributed by atoms with Gasteiger partial charge in [0.15, 0.2) is 0 Å². The number of carbonyl (C=O) groups is 2. The minimum Gasteiger partial charge on any atom is -0.312 e. The van der Waals surface area contributed by atoms with E-state index in [1.54, 1.807) is 23.2 Å². The fraction of sp³-hybridized carbons (Fsp3) is 0.389. The molecular weight excluding hydrogens is 309 g/mol. The van der Waals surface area contributed by atoms with Gasteiger partial charge in [0.1, 0.15) is 12.4 Å². The molecule has 0 N–H and O–H groups in total. The van der Waals surface area contributed by atoms with Crippen LogP contribution in [0.4, 0.5) is 9.18 Å². The van der Waals surface area contributed by atoms with Crippen molar-refractivity contribution >= 4 is 22.8 Å². The topological polar surface area (TPSA) is 53.5 Å². The number of rotatable bonds is 3. The Bertz CT molecular complexity index is 817. The van der Waals surface area contributed by atoms with Crippen LogP contribution in [0.5, 0.6) is 0 Å². The fourth-order valence-corrected chi connectivity index (χ4v) is 3.74. The van der Waals surface area contributed by atoms with Gasteiger partial charge in [-0.2, -0.15) is 0 Å². The van der Waals surface area contributed by atoms with Crippen molar-refractivity contribution in [2.75, 3.05) is 6.54 Å². The molecule has 2 fully saturated rings. The van der Waals surface area contributed by atoms with Crippen molar-refractivity contribution in [3.63, 3.8) is 0 Å². The molecule has 1 aliphatic carbocycles. The summed E-state index contributed by atoms with van der Waals surface area (Å²) < 4.78 is 13.9. The van der Waals surface area contributed by atoms with Crippen LogP contribution in [-0.2, 0) is 11.3 Å². The summed E-state index contributed by atoms with van der Waals surface area (Å²) in [5.41, 5.74) is 1.18. The predicted molar refractivity (Wildman–Crippen MR) is 86.6 cm³/mol. The highest BCUT2D eigenvalue weighted by atomic mass is 19.1. The standard InChI is InChI=1S/C18H18FN3O2/c19-14-8-12-4-3-7-20-17(12)13(9-14)10-22-16(23)11-21(18(22)24)15-5-1-2-6-15/h3-4,7-9,15H,1-2,5-6,10-11H2. The van der Waals surface area contributed by atoms with Gasteiger partial charge < -0.3 is 4.90 Å². The molecule has 2 aromatic rings. The zero-order chi connectivity index (χ0) is 16.7. The maximum atomic E-state index is 13.9. The maximum Gasteiger partial charge on any atom is 0.327 e. The first-order valence-electron chi connectivity index (χ1n) is 8.27. The normalized spacial score (nSPS) is 19.0. The number of fused-ring (bicyclic) bond motifs is 1. The second-order valence-electron chi connectivity index (χ2n) is 6.47. The van der Waals surface area contributed by atoms with Gasteiger partial charge >= 0.3 is 6.03 Å². The number of urea groups is 1. The summed E-state index contributed by atoms with van der Waals surface area (Å²) >= 11 is 0. The van der Waals surface area contributed by atoms with Crippen molar-refractivity contribution in [3.05, 3.63) is 41.8 Å². The molecule has 0 bridgehead atoms. The lowest BCUT2D eigenvalue weighted by Crippen LogP contribution is -2.37. The Hall–Kier alpha value is -2.50. The van der Waals surface area contributed by atoms with Crippen LogP contribution in [0.2, 0.25) is 0 Å². The minimum absolute atomic E-state index is 0.0617. The molecule has 0 radical (unpaired) electrons. The van der Waals surface area contributed by atoms with E-state index < -0.39 is 5.82 Å². The summed E-state index contributed by atoms with van der Waals surface area (Å²) in [6.07, 6.45) is 5.74. The summed E-state index contributed by atoms with van der Waals surface area (Å²) in [6.45, 7) is 0.191. The molecular formula is C18H18FN3O2. The number of imide groups is 1. The lowest BCUT2D eigenvalue weighted by Gasteiger charge is -2.23. The number of benzene rings is 1. The van der Waals surface area contributed by atoms with Gasteiger partial charge in [-0.3, -0.25) is 14.7 Å². The van der Waals surface area contributed by atoms with Gasteiger partial charge in [-0.05, 0) is 31.0 Å². The molecule has 4 rings (SSSR count). The quantitative estimate of drug-likeness (QED) is 0.814. The zero-order valence-electron chi connectivity index (χ0n) is 13.2. The molecule has 1 aromatic heterocycles. The highest BCUT2D eigenvalue weighted by Crippen LogP contribution is 2.28. The molecule has 1 aliphatic heterocycles. The third kappa shape index (κ3) is 2.52. The molecule has 5 nitrogen and oxygen atoms in total. The van der Waals surface area contributed by atoms with Gasteiger partial charge in [-0.25, -0.2) is 9.18 Å². The third-order valence-electron chi connectivity index (χ3n) is 4.93. The summed E-state index contributed by atoms with van der Waals surface area (Å²) in [7, 11) is 0. The second kappa shape index (κ2) is 5.85. The van der Waals surface area contributed by atoms with E-state index in [2.05, 4.69) is 4.98 Å². The van der Waals surface area contributed by atoms with Gasteiger partial charge in [0.05, 0.1) is 12.1 Å². The number of hydrogen-bond acceptors (Lipinski definition) is 3. The summed E-state index contributed by atoms with van der Waals surface area (Å²) in [5, 5.41) is 0.666. The van der Waals surface area contributed by atoms with Gasteiger partial charge in [0.25, 0.3) is 5.91 Å². The van der Waals surface area contributed by atoms with Crippen LogP contribution in [0, 0.1) is 5.82 Å². The molecule has 1 saturated heterocycles. The largest absolute Gasteiger partial charge is 0.327 e. The molecule has 6 heteroatoms. The Morgan fingerprint density at radius 2 is 2.00 bits per heavy atom. The summed E-state index contributed by atoms with van der Waals surface area (Å²) in [6, 6.07) is 6.17. The highest BCUT2D eigenvalue weighted by molar-refractivity contribution is 6.02. The Labute approximate surface area is 139 Å². The Morgan fingerprint density at radius 1 is 1.21 bits per heavy atom. The molecule has 0 unspecified atom stereocenters. The van der Waals surface area contributed by atoms with Crippen molar-refractivity contribution in [1.29, 1.82) is 0 Å². The van der Waals surface area contributed by atoms with Crippen molar-refractivity contribution < 1.29 is 14.0 Å². The lowest BCUT2D eigenvalue weighted by atomic mass is 10.1. The van der Waals surface area contributed by atoms with E-state index in [0.717, 1.165) is 25.7 Å². The van der Waals surface area contributed by atoms with Crippen LogP contribution in [0.15, 0.2) is 30.5 Å². The van der Waals surface area contributed by atoms with Crippen molar-refractivity contribution in [1.82, 2.24) is 14.8 Å².